The van der Waals surface area contributed by atoms with E-state index in [-0.39, 0.29) is 18.3 Å². The number of nitro benzene ring substituents is 1. The predicted octanol–water partition coefficient (Wildman–Crippen LogP) is 1.82. The fourth-order valence-electron chi connectivity index (χ4n) is 2.70. The highest BCUT2D eigenvalue weighted by molar-refractivity contribution is 5.80. The molecule has 1 saturated heterocycles. The number of nitrogens with one attached hydrogen (secondary N) is 1. The molecule has 106 valence electrons. The van der Waals surface area contributed by atoms with Crippen LogP contribution >= 0.6 is 0 Å². The van der Waals surface area contributed by atoms with Crippen LogP contribution in [0.5, 0.6) is 0 Å². The van der Waals surface area contributed by atoms with Gasteiger partial charge in [0.2, 0.25) is 5.95 Å². The van der Waals surface area contributed by atoms with Gasteiger partial charge in [-0.15, -0.1) is 0 Å². The number of imidazole rings is 1. The van der Waals surface area contributed by atoms with Gasteiger partial charge in [0, 0.05) is 18.7 Å². The Morgan fingerprint density at radius 2 is 2.35 bits per heavy atom. The number of aliphatic hydroxyl groups excluding tert-OH is 1. The van der Waals surface area contributed by atoms with Crippen LogP contribution in [0.4, 0.5) is 11.6 Å². The van der Waals surface area contributed by atoms with Gasteiger partial charge in [0.25, 0.3) is 5.69 Å². The van der Waals surface area contributed by atoms with Crippen LogP contribution in [0.15, 0.2) is 18.2 Å². The van der Waals surface area contributed by atoms with E-state index in [0.29, 0.717) is 17.0 Å². The third-order valence-corrected chi connectivity index (χ3v) is 3.77. The van der Waals surface area contributed by atoms with Gasteiger partial charge in [0.15, 0.2) is 0 Å². The molecule has 0 spiro atoms. The number of aromatic nitrogens is 2. The van der Waals surface area contributed by atoms with E-state index in [4.69, 9.17) is 0 Å². The van der Waals surface area contributed by atoms with Gasteiger partial charge < -0.3 is 15.0 Å². The van der Waals surface area contributed by atoms with Crippen LogP contribution in [-0.4, -0.2) is 39.2 Å². The van der Waals surface area contributed by atoms with Crippen molar-refractivity contribution in [3.8, 4) is 0 Å². The van der Waals surface area contributed by atoms with E-state index in [1.165, 1.54) is 12.1 Å². The average molecular weight is 276 g/mol. The number of fused-ring (bicyclic) bond motifs is 1. The van der Waals surface area contributed by atoms with E-state index in [9.17, 15) is 15.2 Å². The van der Waals surface area contributed by atoms with Crippen molar-refractivity contribution in [3.63, 3.8) is 0 Å². The van der Waals surface area contributed by atoms with Crippen LogP contribution in [0.25, 0.3) is 11.0 Å². The van der Waals surface area contributed by atoms with Crippen molar-refractivity contribution in [1.29, 1.82) is 0 Å². The highest BCUT2D eigenvalue weighted by Gasteiger charge is 2.24. The number of anilines is 1. The van der Waals surface area contributed by atoms with E-state index in [1.807, 2.05) is 0 Å². The molecular formula is C13H16N4O3. The molecule has 1 atom stereocenters. The first-order chi connectivity index (χ1) is 9.69. The molecule has 1 aromatic heterocycles. The van der Waals surface area contributed by atoms with E-state index in [2.05, 4.69) is 14.9 Å². The number of rotatable bonds is 3. The van der Waals surface area contributed by atoms with Crippen LogP contribution in [0.2, 0.25) is 0 Å². The van der Waals surface area contributed by atoms with E-state index in [1.54, 1.807) is 6.07 Å². The fraction of sp³-hybridized carbons (Fsp3) is 0.462. The third kappa shape index (κ3) is 2.20. The number of aliphatic hydroxyl groups is 1. The minimum atomic E-state index is -0.419. The second-order valence-electron chi connectivity index (χ2n) is 5.04. The summed E-state index contributed by atoms with van der Waals surface area (Å²) in [4.78, 5) is 20.0. The van der Waals surface area contributed by atoms with Gasteiger partial charge in [0.1, 0.15) is 0 Å². The van der Waals surface area contributed by atoms with Crippen molar-refractivity contribution in [2.75, 3.05) is 18.1 Å². The summed E-state index contributed by atoms with van der Waals surface area (Å²) in [6.45, 7) is 0.935. The lowest BCUT2D eigenvalue weighted by Gasteiger charge is -2.34. The molecule has 20 heavy (non-hydrogen) atoms. The summed E-state index contributed by atoms with van der Waals surface area (Å²) < 4.78 is 0. The van der Waals surface area contributed by atoms with Crippen molar-refractivity contribution >= 4 is 22.7 Å². The van der Waals surface area contributed by atoms with Gasteiger partial charge >= 0.3 is 0 Å². The van der Waals surface area contributed by atoms with Crippen molar-refractivity contribution in [2.24, 2.45) is 0 Å². The number of nitro groups is 1. The number of piperidine rings is 1. The second-order valence-corrected chi connectivity index (χ2v) is 5.04. The van der Waals surface area contributed by atoms with E-state index in [0.717, 1.165) is 25.8 Å². The Bertz CT molecular complexity index is 640. The highest BCUT2D eigenvalue weighted by atomic mass is 16.6. The van der Waals surface area contributed by atoms with Crippen LogP contribution in [0, 0.1) is 10.1 Å². The number of aromatic amines is 1. The lowest BCUT2D eigenvalue weighted by Crippen LogP contribution is -2.42. The summed E-state index contributed by atoms with van der Waals surface area (Å²) in [5.41, 5.74) is 1.40. The third-order valence-electron chi connectivity index (χ3n) is 3.77. The molecule has 0 aliphatic carbocycles. The molecule has 1 aromatic carbocycles. The topological polar surface area (TPSA) is 95.3 Å². The quantitative estimate of drug-likeness (QED) is 0.658. The van der Waals surface area contributed by atoms with Crippen molar-refractivity contribution in [2.45, 2.75) is 25.3 Å². The summed E-state index contributed by atoms with van der Waals surface area (Å²) in [6, 6.07) is 4.65. The standard InChI is InChI=1S/C13H16N4O3/c18-8-10-3-1-2-6-16(10)13-14-11-5-4-9(17(19)20)7-12(11)15-13/h4-5,7,10,18H,1-3,6,8H2,(H,14,15). The molecule has 2 aromatic rings. The molecule has 7 heteroatoms. The Kier molecular flexibility index (Phi) is 3.27. The normalized spacial score (nSPS) is 19.4. The Labute approximate surface area is 115 Å². The van der Waals surface area contributed by atoms with Crippen LogP contribution in [0.3, 0.4) is 0 Å². The molecule has 0 saturated carbocycles. The first kappa shape index (κ1) is 12.9. The predicted molar refractivity (Wildman–Crippen MR) is 74.8 cm³/mol. The highest BCUT2D eigenvalue weighted by Crippen LogP contribution is 2.26. The zero-order valence-corrected chi connectivity index (χ0v) is 11.0. The van der Waals surface area contributed by atoms with Gasteiger partial charge in [-0.25, -0.2) is 4.98 Å². The van der Waals surface area contributed by atoms with Gasteiger partial charge in [0.05, 0.1) is 28.6 Å². The number of benzene rings is 1. The minimum Gasteiger partial charge on any atom is -0.394 e. The SMILES string of the molecule is O=[N+]([O-])c1ccc2nc(N3CCCCC3CO)[nH]c2c1. The number of H-pyrrole nitrogens is 1. The molecule has 0 bridgehead atoms. The molecule has 0 radical (unpaired) electrons. The zero-order valence-electron chi connectivity index (χ0n) is 11.0. The van der Waals surface area contributed by atoms with Gasteiger partial charge in [-0.05, 0) is 25.3 Å². The van der Waals surface area contributed by atoms with Crippen LogP contribution in [0.1, 0.15) is 19.3 Å². The lowest BCUT2D eigenvalue weighted by atomic mass is 10.0. The molecule has 1 unspecified atom stereocenters. The lowest BCUT2D eigenvalue weighted by molar-refractivity contribution is -0.384. The smallest absolute Gasteiger partial charge is 0.271 e. The Hall–Kier alpha value is -2.15. The maximum Gasteiger partial charge on any atom is 0.271 e. The first-order valence-corrected chi connectivity index (χ1v) is 6.70. The summed E-state index contributed by atoms with van der Waals surface area (Å²) >= 11 is 0. The summed E-state index contributed by atoms with van der Waals surface area (Å²) in [5.74, 6) is 0.680. The molecule has 2 N–H and O–H groups in total. The maximum absolute atomic E-state index is 10.8. The number of hydrogen-bond acceptors (Lipinski definition) is 5. The van der Waals surface area contributed by atoms with Crippen LogP contribution < -0.4 is 4.90 Å². The molecule has 7 nitrogen and oxygen atoms in total. The molecule has 1 aliphatic heterocycles. The minimum absolute atomic E-state index is 0.0463. The molecule has 1 fully saturated rings. The Morgan fingerprint density at radius 1 is 1.50 bits per heavy atom. The summed E-state index contributed by atoms with van der Waals surface area (Å²) in [6.07, 6.45) is 3.11. The second kappa shape index (κ2) is 5.09. The summed E-state index contributed by atoms with van der Waals surface area (Å²) in [5, 5.41) is 20.2. The number of nitrogens with zero attached hydrogens (tertiary/aromatic N) is 3. The summed E-state index contributed by atoms with van der Waals surface area (Å²) in [7, 11) is 0. The first-order valence-electron chi connectivity index (χ1n) is 6.70. The molecule has 0 amide bonds. The van der Waals surface area contributed by atoms with E-state index < -0.39 is 4.92 Å². The zero-order chi connectivity index (χ0) is 14.1. The average Bonchev–Trinajstić information content (AvgIpc) is 2.89. The molecular weight excluding hydrogens is 260 g/mol. The Balaban J connectivity index is 1.97. The van der Waals surface area contributed by atoms with Crippen molar-refractivity contribution in [3.05, 3.63) is 28.3 Å². The molecule has 3 rings (SSSR count). The van der Waals surface area contributed by atoms with Crippen LogP contribution in [-0.2, 0) is 0 Å². The van der Waals surface area contributed by atoms with Gasteiger partial charge in [-0.2, -0.15) is 0 Å². The van der Waals surface area contributed by atoms with Gasteiger partial charge in [-0.1, -0.05) is 0 Å². The fourth-order valence-corrected chi connectivity index (χ4v) is 2.70. The Morgan fingerprint density at radius 3 is 3.10 bits per heavy atom. The van der Waals surface area contributed by atoms with Crippen molar-refractivity contribution in [1.82, 2.24) is 9.97 Å². The maximum atomic E-state index is 10.8. The van der Waals surface area contributed by atoms with Crippen molar-refractivity contribution < 1.29 is 10.0 Å². The molecule has 2 heterocycles. The van der Waals surface area contributed by atoms with E-state index >= 15 is 0 Å². The van der Waals surface area contributed by atoms with Gasteiger partial charge in [-0.3, -0.25) is 10.1 Å². The number of hydrogen-bond donors (Lipinski definition) is 2. The number of non-ortho nitro benzene ring substituents is 1. The monoisotopic (exact) mass is 276 g/mol. The largest absolute Gasteiger partial charge is 0.394 e. The molecule has 1 aliphatic rings.